The molecule has 1 aromatic carbocycles. The molecule has 0 saturated heterocycles. The fourth-order valence-electron chi connectivity index (χ4n) is 1.64. The minimum Gasteiger partial charge on any atom is -0.203 e. The van der Waals surface area contributed by atoms with Crippen LogP contribution in [-0.2, 0) is 6.42 Å². The van der Waals surface area contributed by atoms with Crippen LogP contribution in [0.25, 0.3) is 0 Å². The maximum absolute atomic E-state index is 13.4. The smallest absolute Gasteiger partial charge is 0.165 e. The summed E-state index contributed by atoms with van der Waals surface area (Å²) in [6.07, 6.45) is 0.100. The molecule has 17 heavy (non-hydrogen) atoms. The van der Waals surface area contributed by atoms with Crippen molar-refractivity contribution in [2.24, 2.45) is 5.92 Å². The van der Waals surface area contributed by atoms with E-state index in [1.807, 2.05) is 0 Å². The van der Waals surface area contributed by atoms with Crippen LogP contribution in [0.15, 0.2) is 0 Å². The van der Waals surface area contributed by atoms with E-state index < -0.39 is 44.6 Å². The Kier molecular flexibility index (Phi) is 3.07. The Bertz CT molecular complexity index is 456. The number of benzene rings is 1. The predicted octanol–water partition coefficient (Wildman–Crippen LogP) is 4.16. The zero-order valence-electron chi connectivity index (χ0n) is 8.47. The van der Waals surface area contributed by atoms with Crippen molar-refractivity contribution in [2.45, 2.75) is 17.2 Å². The van der Waals surface area contributed by atoms with E-state index >= 15 is 0 Å². The van der Waals surface area contributed by atoms with Gasteiger partial charge in [0.1, 0.15) is 4.33 Å². The van der Waals surface area contributed by atoms with E-state index in [1.54, 1.807) is 0 Å². The molecule has 1 unspecified atom stereocenters. The van der Waals surface area contributed by atoms with Gasteiger partial charge in [-0.05, 0) is 25.7 Å². The molecule has 1 radical (unpaired) electrons. The SMILES string of the molecule is [CH2]c1c(F)c(F)c(CC2CC2(Cl)Cl)c(F)c1F. The Labute approximate surface area is 106 Å². The predicted molar refractivity (Wildman–Crippen MR) is 57.0 cm³/mol. The number of halogens is 6. The van der Waals surface area contributed by atoms with Crippen LogP contribution in [-0.4, -0.2) is 4.33 Å². The van der Waals surface area contributed by atoms with Crippen LogP contribution in [0.4, 0.5) is 17.6 Å². The van der Waals surface area contributed by atoms with Crippen LogP contribution in [0.2, 0.25) is 0 Å². The Morgan fingerprint density at radius 2 is 1.47 bits per heavy atom. The summed E-state index contributed by atoms with van der Waals surface area (Å²) in [7, 11) is 0. The second-order valence-corrected chi connectivity index (χ2v) is 5.62. The maximum Gasteiger partial charge on any atom is 0.165 e. The standard InChI is InChI=1S/C11H7Cl2F4/c1-4-7(14)9(16)6(10(17)8(4)15)2-5-3-11(5,12)13/h5H,1-3H2. The van der Waals surface area contributed by atoms with Crippen LogP contribution in [0.5, 0.6) is 0 Å². The lowest BCUT2D eigenvalue weighted by Crippen LogP contribution is -2.08. The molecule has 0 nitrogen and oxygen atoms in total. The van der Waals surface area contributed by atoms with Crippen molar-refractivity contribution in [2.75, 3.05) is 0 Å². The fraction of sp³-hybridized carbons (Fsp3) is 0.364. The first kappa shape index (κ1) is 13.0. The van der Waals surface area contributed by atoms with Gasteiger partial charge in [0.15, 0.2) is 23.3 Å². The molecule has 93 valence electrons. The van der Waals surface area contributed by atoms with Gasteiger partial charge < -0.3 is 0 Å². The molecule has 0 spiro atoms. The maximum atomic E-state index is 13.4. The average Bonchev–Trinajstić information content (AvgIpc) is 2.87. The summed E-state index contributed by atoms with van der Waals surface area (Å²) in [5.74, 6) is -6.21. The molecule has 0 bridgehead atoms. The lowest BCUT2D eigenvalue weighted by Gasteiger charge is -2.09. The van der Waals surface area contributed by atoms with Crippen LogP contribution in [0.3, 0.4) is 0 Å². The minimum atomic E-state index is -1.48. The highest BCUT2D eigenvalue weighted by Gasteiger charge is 2.52. The lowest BCUT2D eigenvalue weighted by atomic mass is 10.0. The molecule has 0 heterocycles. The summed E-state index contributed by atoms with van der Waals surface area (Å²) in [4.78, 5) is 0. The summed E-state index contributed by atoms with van der Waals surface area (Å²) < 4.78 is 52.2. The molecule has 1 aromatic rings. The first-order chi connectivity index (χ1) is 7.75. The van der Waals surface area contributed by atoms with Crippen molar-refractivity contribution in [1.82, 2.24) is 0 Å². The van der Waals surface area contributed by atoms with Gasteiger partial charge in [0.05, 0.1) is 0 Å². The molecule has 6 heteroatoms. The second kappa shape index (κ2) is 4.02. The highest BCUT2D eigenvalue weighted by molar-refractivity contribution is 6.50. The normalized spacial score (nSPS) is 21.7. The van der Waals surface area contributed by atoms with Gasteiger partial charge in [0, 0.05) is 11.1 Å². The largest absolute Gasteiger partial charge is 0.203 e. The second-order valence-electron chi connectivity index (χ2n) is 4.08. The first-order valence-corrected chi connectivity index (χ1v) is 5.56. The lowest BCUT2D eigenvalue weighted by molar-refractivity contribution is 0.431. The van der Waals surface area contributed by atoms with Crippen molar-refractivity contribution >= 4 is 23.2 Å². The summed E-state index contributed by atoms with van der Waals surface area (Å²) in [6, 6.07) is 0. The summed E-state index contributed by atoms with van der Waals surface area (Å²) >= 11 is 11.4. The Hall–Kier alpha value is -0.480. The van der Waals surface area contributed by atoms with Gasteiger partial charge in [-0.2, -0.15) is 0 Å². The fourth-order valence-corrected chi connectivity index (χ4v) is 2.17. The summed E-state index contributed by atoms with van der Waals surface area (Å²) in [6.45, 7) is 2.92. The van der Waals surface area contributed by atoms with Gasteiger partial charge in [-0.1, -0.05) is 0 Å². The Morgan fingerprint density at radius 3 is 1.82 bits per heavy atom. The minimum absolute atomic E-state index is 0.237. The molecule has 0 amide bonds. The summed E-state index contributed by atoms with van der Waals surface area (Å²) in [5.41, 5.74) is -1.58. The molecule has 0 aliphatic heterocycles. The molecule has 1 fully saturated rings. The van der Waals surface area contributed by atoms with E-state index in [2.05, 4.69) is 6.92 Å². The quantitative estimate of drug-likeness (QED) is 0.435. The third kappa shape index (κ3) is 2.13. The van der Waals surface area contributed by atoms with Gasteiger partial charge in [0.2, 0.25) is 0 Å². The number of hydrogen-bond donors (Lipinski definition) is 0. The van der Waals surface area contributed by atoms with E-state index in [1.165, 1.54) is 0 Å². The topological polar surface area (TPSA) is 0 Å². The third-order valence-electron chi connectivity index (χ3n) is 2.85. The van der Waals surface area contributed by atoms with Gasteiger partial charge >= 0.3 is 0 Å². The third-order valence-corrected chi connectivity index (χ3v) is 3.78. The zero-order valence-corrected chi connectivity index (χ0v) is 9.98. The zero-order chi connectivity index (χ0) is 13.0. The molecule has 1 saturated carbocycles. The van der Waals surface area contributed by atoms with Crippen molar-refractivity contribution in [3.63, 3.8) is 0 Å². The molecule has 0 N–H and O–H groups in total. The Morgan fingerprint density at radius 1 is 1.06 bits per heavy atom. The van der Waals surface area contributed by atoms with Crippen molar-refractivity contribution in [3.05, 3.63) is 41.3 Å². The molecule has 2 rings (SSSR count). The number of hydrogen-bond acceptors (Lipinski definition) is 0. The van der Waals surface area contributed by atoms with E-state index in [0.29, 0.717) is 6.42 Å². The average molecular weight is 286 g/mol. The molecule has 1 atom stereocenters. The van der Waals surface area contributed by atoms with E-state index in [9.17, 15) is 17.6 Å². The van der Waals surface area contributed by atoms with Gasteiger partial charge in [-0.25, -0.2) is 17.6 Å². The van der Waals surface area contributed by atoms with Crippen LogP contribution >= 0.6 is 23.2 Å². The molecule has 1 aliphatic rings. The first-order valence-electron chi connectivity index (χ1n) is 4.80. The number of rotatable bonds is 2. The number of alkyl halides is 2. The van der Waals surface area contributed by atoms with Crippen LogP contribution in [0, 0.1) is 36.1 Å². The highest BCUT2D eigenvalue weighted by Crippen LogP contribution is 2.55. The van der Waals surface area contributed by atoms with Gasteiger partial charge in [0.25, 0.3) is 0 Å². The Balaban J connectivity index is 2.41. The van der Waals surface area contributed by atoms with Gasteiger partial charge in [-0.3, -0.25) is 0 Å². The van der Waals surface area contributed by atoms with Crippen molar-refractivity contribution in [1.29, 1.82) is 0 Å². The van der Waals surface area contributed by atoms with E-state index in [-0.39, 0.29) is 6.42 Å². The van der Waals surface area contributed by atoms with Gasteiger partial charge in [-0.15, -0.1) is 23.2 Å². The molecular weight excluding hydrogens is 279 g/mol. The van der Waals surface area contributed by atoms with E-state index in [0.717, 1.165) is 0 Å². The van der Waals surface area contributed by atoms with Crippen molar-refractivity contribution in [3.8, 4) is 0 Å². The van der Waals surface area contributed by atoms with Crippen molar-refractivity contribution < 1.29 is 17.6 Å². The molecule has 0 aromatic heterocycles. The van der Waals surface area contributed by atoms with Crippen LogP contribution < -0.4 is 0 Å². The van der Waals surface area contributed by atoms with E-state index in [4.69, 9.17) is 23.2 Å². The molecule has 1 aliphatic carbocycles. The monoisotopic (exact) mass is 285 g/mol. The van der Waals surface area contributed by atoms with Crippen LogP contribution in [0.1, 0.15) is 17.5 Å². The molecular formula is C11H7Cl2F4. The summed E-state index contributed by atoms with van der Waals surface area (Å²) in [5, 5.41) is 0. The highest BCUT2D eigenvalue weighted by atomic mass is 35.5.